The molecule has 0 saturated heterocycles. The number of nitrogens with zero attached hydrogens (tertiary/aromatic N) is 4. The molecule has 0 fully saturated rings. The lowest BCUT2D eigenvalue weighted by molar-refractivity contribution is -0.139. The van der Waals surface area contributed by atoms with Gasteiger partial charge in [0.05, 0.1) is 35.1 Å². The summed E-state index contributed by atoms with van der Waals surface area (Å²) in [6, 6.07) is 18.1. The normalized spacial score (nSPS) is 15.0. The van der Waals surface area contributed by atoms with Crippen molar-refractivity contribution in [1.82, 2.24) is 9.97 Å². The molecule has 184 valence electrons. The molecule has 1 aromatic carbocycles. The molecule has 1 atom stereocenters. The zero-order chi connectivity index (χ0) is 26.4. The Morgan fingerprint density at radius 1 is 1.14 bits per heavy atom. The number of rotatable bonds is 7. The van der Waals surface area contributed by atoms with Crippen LogP contribution in [0.1, 0.15) is 24.0 Å². The highest BCUT2D eigenvalue weighted by Crippen LogP contribution is 2.41. The highest BCUT2D eigenvalue weighted by atomic mass is 35.5. The third-order valence-electron chi connectivity index (χ3n) is 5.49. The lowest BCUT2D eigenvalue weighted by Gasteiger charge is -2.28. The Balaban J connectivity index is 1.76. The Labute approximate surface area is 223 Å². The molecule has 0 spiro atoms. The van der Waals surface area contributed by atoms with Gasteiger partial charge in [-0.25, -0.2) is 9.78 Å². The summed E-state index contributed by atoms with van der Waals surface area (Å²) in [7, 11) is 0. The van der Waals surface area contributed by atoms with Crippen LogP contribution in [-0.4, -0.2) is 28.3 Å². The molecule has 37 heavy (non-hydrogen) atoms. The van der Waals surface area contributed by atoms with Crippen LogP contribution in [0, 0.1) is 22.7 Å². The summed E-state index contributed by atoms with van der Waals surface area (Å²) in [5.74, 6) is -1.21. The third kappa shape index (κ3) is 5.59. The van der Waals surface area contributed by atoms with E-state index in [1.54, 1.807) is 55.7 Å². The number of ether oxygens (including phenoxy) is 2. The lowest BCUT2D eigenvalue weighted by Crippen LogP contribution is -2.27. The fourth-order valence-electron chi connectivity index (χ4n) is 3.80. The molecule has 8 nitrogen and oxygen atoms in total. The smallest absolute Gasteiger partial charge is 0.338 e. The van der Waals surface area contributed by atoms with E-state index in [1.165, 1.54) is 11.8 Å². The number of carbonyl (C=O) groups excluding carboxylic acids is 1. The van der Waals surface area contributed by atoms with E-state index in [4.69, 9.17) is 26.8 Å². The van der Waals surface area contributed by atoms with Crippen molar-refractivity contribution >= 4 is 29.3 Å². The van der Waals surface area contributed by atoms with Gasteiger partial charge in [0.15, 0.2) is 0 Å². The van der Waals surface area contributed by atoms with Crippen LogP contribution >= 0.6 is 23.4 Å². The van der Waals surface area contributed by atoms with Gasteiger partial charge in [-0.1, -0.05) is 35.5 Å². The first-order chi connectivity index (χ1) is 18.0. The zero-order valence-electron chi connectivity index (χ0n) is 19.6. The third-order valence-corrected chi connectivity index (χ3v) is 6.74. The number of benzene rings is 1. The van der Waals surface area contributed by atoms with Crippen molar-refractivity contribution in [3.8, 4) is 23.4 Å². The number of nitriles is 2. The number of thioether (sulfide) groups is 1. The average molecular weight is 530 g/mol. The lowest BCUT2D eigenvalue weighted by atomic mass is 9.83. The van der Waals surface area contributed by atoms with E-state index in [9.17, 15) is 15.3 Å². The molecule has 2 N–H and O–H groups in total. The average Bonchev–Trinajstić information content (AvgIpc) is 2.92. The standard InChI is InChI=1S/C27H20ClN5O3S/c1-2-35-27(34)24-22(36-25(31)20(14-30)23(24)17-3-6-19(28)7-4-17)15-37-26-18(13-29)5-8-21(33-26)16-9-11-32-12-10-16/h3-12,23H,2,15,31H2,1H3/t23-/m0/s1. The second-order valence-corrected chi connectivity index (χ2v) is 9.12. The summed E-state index contributed by atoms with van der Waals surface area (Å²) < 4.78 is 11.1. The molecule has 10 heteroatoms. The molecule has 0 aliphatic carbocycles. The summed E-state index contributed by atoms with van der Waals surface area (Å²) >= 11 is 7.27. The zero-order valence-corrected chi connectivity index (χ0v) is 21.2. The number of hydrogen-bond donors (Lipinski definition) is 1. The number of halogens is 1. The molecule has 2 aromatic heterocycles. The Kier molecular flexibility index (Phi) is 8.09. The van der Waals surface area contributed by atoms with Crippen molar-refractivity contribution in [3.63, 3.8) is 0 Å². The Morgan fingerprint density at radius 2 is 1.86 bits per heavy atom. The second-order valence-electron chi connectivity index (χ2n) is 7.72. The van der Waals surface area contributed by atoms with Gasteiger partial charge in [0.2, 0.25) is 5.88 Å². The van der Waals surface area contributed by atoms with Crippen molar-refractivity contribution in [3.05, 3.63) is 99.9 Å². The van der Waals surface area contributed by atoms with Crippen molar-refractivity contribution < 1.29 is 14.3 Å². The number of carbonyl (C=O) groups is 1. The number of pyridine rings is 2. The molecule has 3 aromatic rings. The number of nitrogens with two attached hydrogens (primary N) is 1. The van der Waals surface area contributed by atoms with E-state index in [1.807, 2.05) is 12.1 Å². The van der Waals surface area contributed by atoms with Crippen molar-refractivity contribution in [2.24, 2.45) is 5.73 Å². The SMILES string of the molecule is CCOC(=O)C1=C(CSc2nc(-c3ccncc3)ccc2C#N)OC(N)=C(C#N)[C@@H]1c1ccc(Cl)cc1. The minimum atomic E-state index is -0.808. The maximum Gasteiger partial charge on any atom is 0.338 e. The van der Waals surface area contributed by atoms with Crippen LogP contribution in [0.5, 0.6) is 0 Å². The van der Waals surface area contributed by atoms with Crippen LogP contribution in [0.4, 0.5) is 0 Å². The molecular formula is C27H20ClN5O3S. The minimum Gasteiger partial charge on any atom is -0.463 e. The predicted octanol–water partition coefficient (Wildman–Crippen LogP) is 5.09. The van der Waals surface area contributed by atoms with Crippen LogP contribution < -0.4 is 5.73 Å². The summed E-state index contributed by atoms with van der Waals surface area (Å²) in [5, 5.41) is 20.5. The fourth-order valence-corrected chi connectivity index (χ4v) is 4.84. The van der Waals surface area contributed by atoms with E-state index in [0.29, 0.717) is 26.9 Å². The van der Waals surface area contributed by atoms with Gasteiger partial charge in [-0.15, -0.1) is 0 Å². The fraction of sp³-hybridized carbons (Fsp3) is 0.148. The summed E-state index contributed by atoms with van der Waals surface area (Å²) in [6.07, 6.45) is 3.32. The van der Waals surface area contributed by atoms with Crippen LogP contribution in [0.15, 0.2) is 88.7 Å². The maximum atomic E-state index is 13.2. The first-order valence-corrected chi connectivity index (χ1v) is 12.5. The monoisotopic (exact) mass is 529 g/mol. The molecule has 4 rings (SSSR count). The maximum absolute atomic E-state index is 13.2. The molecule has 1 aliphatic rings. The quantitative estimate of drug-likeness (QED) is 0.328. The highest BCUT2D eigenvalue weighted by molar-refractivity contribution is 7.99. The summed E-state index contributed by atoms with van der Waals surface area (Å²) in [6.45, 7) is 1.82. The highest BCUT2D eigenvalue weighted by Gasteiger charge is 2.37. The van der Waals surface area contributed by atoms with Gasteiger partial charge in [0.1, 0.15) is 28.5 Å². The predicted molar refractivity (Wildman–Crippen MR) is 139 cm³/mol. The molecule has 0 saturated carbocycles. The molecule has 1 aliphatic heterocycles. The topological polar surface area (TPSA) is 135 Å². The van der Waals surface area contributed by atoms with Gasteiger partial charge in [0, 0.05) is 23.0 Å². The van der Waals surface area contributed by atoms with E-state index in [0.717, 1.165) is 5.56 Å². The molecule has 0 unspecified atom stereocenters. The Morgan fingerprint density at radius 3 is 2.51 bits per heavy atom. The van der Waals surface area contributed by atoms with Crippen molar-refractivity contribution in [2.45, 2.75) is 17.9 Å². The first kappa shape index (κ1) is 25.8. The molecule has 0 radical (unpaired) electrons. The molecule has 0 amide bonds. The Bertz CT molecular complexity index is 1470. The molecular weight excluding hydrogens is 510 g/mol. The van der Waals surface area contributed by atoms with E-state index in [-0.39, 0.29) is 35.1 Å². The van der Waals surface area contributed by atoms with Crippen LogP contribution in [0.2, 0.25) is 5.02 Å². The van der Waals surface area contributed by atoms with Gasteiger partial charge in [-0.2, -0.15) is 10.5 Å². The van der Waals surface area contributed by atoms with Gasteiger partial charge < -0.3 is 15.2 Å². The molecule has 3 heterocycles. The van der Waals surface area contributed by atoms with Crippen LogP contribution in [0.25, 0.3) is 11.3 Å². The number of aromatic nitrogens is 2. The van der Waals surface area contributed by atoms with Gasteiger partial charge in [0.25, 0.3) is 0 Å². The number of esters is 1. The van der Waals surface area contributed by atoms with E-state index >= 15 is 0 Å². The summed E-state index contributed by atoms with van der Waals surface area (Å²) in [4.78, 5) is 21.8. The molecule has 0 bridgehead atoms. The van der Waals surface area contributed by atoms with E-state index in [2.05, 4.69) is 22.1 Å². The summed E-state index contributed by atoms with van der Waals surface area (Å²) in [5.41, 5.74) is 8.90. The minimum absolute atomic E-state index is 0.0923. The van der Waals surface area contributed by atoms with Crippen LogP contribution in [-0.2, 0) is 14.3 Å². The van der Waals surface area contributed by atoms with Gasteiger partial charge in [-0.3, -0.25) is 4.98 Å². The largest absolute Gasteiger partial charge is 0.463 e. The van der Waals surface area contributed by atoms with Crippen LogP contribution in [0.3, 0.4) is 0 Å². The first-order valence-electron chi connectivity index (χ1n) is 11.1. The second kappa shape index (κ2) is 11.6. The number of allylic oxidation sites excluding steroid dienone is 1. The van der Waals surface area contributed by atoms with Crippen molar-refractivity contribution in [1.29, 1.82) is 10.5 Å². The van der Waals surface area contributed by atoms with Gasteiger partial charge >= 0.3 is 5.97 Å². The van der Waals surface area contributed by atoms with Gasteiger partial charge in [-0.05, 0) is 48.9 Å². The van der Waals surface area contributed by atoms with Crippen molar-refractivity contribution in [2.75, 3.05) is 12.4 Å². The van der Waals surface area contributed by atoms with E-state index < -0.39 is 11.9 Å². The Hall–Kier alpha value is -4.31. The number of hydrogen-bond acceptors (Lipinski definition) is 9.